The van der Waals surface area contributed by atoms with E-state index in [1.165, 1.54) is 46.9 Å². The average Bonchev–Trinajstić information content (AvgIpc) is 3.84. The summed E-state index contributed by atoms with van der Waals surface area (Å²) in [5, 5.41) is 11.4. The molecule has 0 N–H and O–H groups in total. The third-order valence-electron chi connectivity index (χ3n) is 11.6. The molecule has 2 heterocycles. The number of rotatable bonds is 7. The fraction of sp³-hybridized carbons (Fsp3) is 0.0566. The minimum atomic E-state index is -1.44. The van der Waals surface area contributed by atoms with E-state index in [1.807, 2.05) is 17.4 Å². The lowest BCUT2D eigenvalue weighted by Crippen LogP contribution is -2.37. The first-order chi connectivity index (χ1) is 28.4. The van der Waals surface area contributed by atoms with Crippen LogP contribution in [0.5, 0.6) is 0 Å². The quantitative estimate of drug-likeness (QED) is 0.119. The highest BCUT2D eigenvalue weighted by Crippen LogP contribution is 2.48. The van der Waals surface area contributed by atoms with Gasteiger partial charge in [0.15, 0.2) is 5.58 Å². The molecular weight excluding hydrogens is 741 g/mol. The van der Waals surface area contributed by atoms with Crippen LogP contribution in [0.4, 0.5) is 34.1 Å². The lowest BCUT2D eigenvalue weighted by Gasteiger charge is -2.27. The van der Waals surface area contributed by atoms with Gasteiger partial charge in [-0.3, -0.25) is 0 Å². The predicted octanol–water partition coefficient (Wildman–Crippen LogP) is 15.7. The number of fused-ring (bicyclic) bond motifs is 11. The first-order valence-electron chi connectivity index (χ1n) is 19.9. The first-order valence-corrected chi connectivity index (χ1v) is 24.2. The van der Waals surface area contributed by atoms with Crippen LogP contribution in [-0.2, 0) is 0 Å². The molecule has 0 aliphatic heterocycles. The van der Waals surface area contributed by atoms with Crippen LogP contribution in [0.3, 0.4) is 0 Å². The zero-order chi connectivity index (χ0) is 39.0. The number of thiophene rings is 1. The molecule has 5 heteroatoms. The Hall–Kier alpha value is -6.66. The Bertz CT molecular complexity index is 3330. The highest BCUT2D eigenvalue weighted by molar-refractivity contribution is 7.27. The topological polar surface area (TPSA) is 19.6 Å². The van der Waals surface area contributed by atoms with Gasteiger partial charge >= 0.3 is 0 Å². The van der Waals surface area contributed by atoms with Crippen molar-refractivity contribution >= 4 is 122 Å². The fourth-order valence-electron chi connectivity index (χ4n) is 8.76. The van der Waals surface area contributed by atoms with E-state index in [9.17, 15) is 0 Å². The minimum absolute atomic E-state index is 0.883. The van der Waals surface area contributed by atoms with Crippen LogP contribution in [0, 0.1) is 0 Å². The monoisotopic (exact) mass is 780 g/mol. The van der Waals surface area contributed by atoms with E-state index in [4.69, 9.17) is 4.42 Å². The zero-order valence-electron chi connectivity index (χ0n) is 32.6. The van der Waals surface area contributed by atoms with Gasteiger partial charge in [0.05, 0.1) is 13.8 Å². The minimum Gasteiger partial charge on any atom is -0.454 e. The molecule has 0 unspecified atom stereocenters. The average molecular weight is 781 g/mol. The second-order valence-electron chi connectivity index (χ2n) is 16.2. The van der Waals surface area contributed by atoms with Crippen molar-refractivity contribution in [3.63, 3.8) is 0 Å². The molecular formula is C53H40N2OSSi. The van der Waals surface area contributed by atoms with Crippen molar-refractivity contribution < 1.29 is 4.42 Å². The molecule has 0 spiro atoms. The summed E-state index contributed by atoms with van der Waals surface area (Å²) in [6.45, 7) is 7.22. The van der Waals surface area contributed by atoms with Gasteiger partial charge in [-0.15, -0.1) is 11.3 Å². The molecule has 58 heavy (non-hydrogen) atoms. The van der Waals surface area contributed by atoms with Crippen molar-refractivity contribution in [2.45, 2.75) is 19.6 Å². The van der Waals surface area contributed by atoms with Crippen LogP contribution in [0.2, 0.25) is 19.6 Å². The zero-order valence-corrected chi connectivity index (χ0v) is 34.4. The molecule has 2 aromatic heterocycles. The van der Waals surface area contributed by atoms with E-state index in [0.717, 1.165) is 56.1 Å². The lowest BCUT2D eigenvalue weighted by molar-refractivity contribution is 0.669. The Labute approximate surface area is 342 Å². The predicted molar refractivity (Wildman–Crippen MR) is 254 cm³/mol. The fourth-order valence-corrected chi connectivity index (χ4v) is 11.2. The van der Waals surface area contributed by atoms with E-state index >= 15 is 0 Å². The summed E-state index contributed by atoms with van der Waals surface area (Å²) in [6, 6.07) is 68.4. The van der Waals surface area contributed by atoms with Gasteiger partial charge in [-0.1, -0.05) is 140 Å². The summed E-state index contributed by atoms with van der Waals surface area (Å²) in [5.74, 6) is 0. The number of hydrogen-bond acceptors (Lipinski definition) is 4. The maximum atomic E-state index is 6.60. The van der Waals surface area contributed by atoms with E-state index in [1.54, 1.807) is 0 Å². The van der Waals surface area contributed by atoms with Crippen LogP contribution in [0.25, 0.3) is 63.7 Å². The van der Waals surface area contributed by atoms with Crippen molar-refractivity contribution in [3.8, 4) is 0 Å². The van der Waals surface area contributed by atoms with E-state index in [0.29, 0.717) is 0 Å². The van der Waals surface area contributed by atoms with Gasteiger partial charge in [0.1, 0.15) is 5.58 Å². The van der Waals surface area contributed by atoms with Crippen LogP contribution in [-0.4, -0.2) is 8.07 Å². The molecule has 0 aliphatic carbocycles. The number of furan rings is 1. The Morgan fingerprint density at radius 2 is 0.983 bits per heavy atom. The van der Waals surface area contributed by atoms with E-state index < -0.39 is 8.07 Å². The lowest BCUT2D eigenvalue weighted by atomic mass is 9.96. The second-order valence-corrected chi connectivity index (χ2v) is 22.3. The molecule has 0 aliphatic rings. The normalized spacial score (nSPS) is 12.1. The van der Waals surface area contributed by atoms with Crippen molar-refractivity contribution in [2.75, 3.05) is 9.80 Å². The summed E-state index contributed by atoms with van der Waals surface area (Å²) >= 11 is 1.89. The van der Waals surface area contributed by atoms with Gasteiger partial charge in [0.2, 0.25) is 0 Å². The van der Waals surface area contributed by atoms with Gasteiger partial charge in [-0.05, 0) is 89.0 Å². The van der Waals surface area contributed by atoms with Gasteiger partial charge in [-0.2, -0.15) is 0 Å². The van der Waals surface area contributed by atoms with Gasteiger partial charge in [0.25, 0.3) is 0 Å². The SMILES string of the molecule is C[Si](C)(C)c1ccc(N(c2ccccc2)c2ccc3c(c2)c2ccccc2c2c4ccc(N(c5ccccc5)c5cccc6c5oc5ccccc56)cc4sc32)cc1. The van der Waals surface area contributed by atoms with Crippen molar-refractivity contribution in [1.29, 1.82) is 0 Å². The van der Waals surface area contributed by atoms with Crippen LogP contribution in [0.15, 0.2) is 192 Å². The molecule has 0 atom stereocenters. The summed E-state index contributed by atoms with van der Waals surface area (Å²) in [4.78, 5) is 4.73. The second kappa shape index (κ2) is 13.5. The van der Waals surface area contributed by atoms with Crippen LogP contribution in [0.1, 0.15) is 0 Å². The third-order valence-corrected chi connectivity index (χ3v) is 14.8. The van der Waals surface area contributed by atoms with E-state index in [-0.39, 0.29) is 0 Å². The van der Waals surface area contributed by atoms with Gasteiger partial charge in [-0.25, -0.2) is 0 Å². The summed E-state index contributed by atoms with van der Waals surface area (Å²) in [5.41, 5.74) is 8.41. The van der Waals surface area contributed by atoms with Gasteiger partial charge < -0.3 is 14.2 Å². The van der Waals surface area contributed by atoms with Crippen molar-refractivity contribution in [2.24, 2.45) is 0 Å². The standard InChI is InChI=1S/C53H40N2OSSi/c1-58(2,3)40-29-25-37(26-30-40)54(35-15-6-4-7-16-35)38-27-31-45-47(33-38)41-19-10-11-21-43(41)51-46-32-28-39(34-50(46)57-53(45)51)55(36-17-8-5-9-18-36)48-23-14-22-44-42-20-12-13-24-49(42)56-52(44)48/h4-34H,1-3H3. The number of hydrogen-bond donors (Lipinski definition) is 0. The molecule has 0 bridgehead atoms. The molecule has 0 radical (unpaired) electrons. The van der Waals surface area contributed by atoms with Crippen molar-refractivity contribution in [3.05, 3.63) is 188 Å². The highest BCUT2D eigenvalue weighted by Gasteiger charge is 2.23. The highest BCUT2D eigenvalue weighted by atomic mass is 32.1. The van der Waals surface area contributed by atoms with Crippen LogP contribution >= 0.6 is 11.3 Å². The Kier molecular flexibility index (Phi) is 8.04. The van der Waals surface area contributed by atoms with Crippen LogP contribution < -0.4 is 15.0 Å². The summed E-state index contributed by atoms with van der Waals surface area (Å²) in [7, 11) is -1.44. The Morgan fingerprint density at radius 1 is 0.414 bits per heavy atom. The Balaban J connectivity index is 1.11. The number of benzene rings is 9. The first kappa shape index (κ1) is 34.6. The molecule has 0 saturated carbocycles. The molecule has 11 aromatic rings. The molecule has 9 aromatic carbocycles. The largest absolute Gasteiger partial charge is 0.454 e. The number of para-hydroxylation sites is 4. The van der Waals surface area contributed by atoms with Gasteiger partial charge in [0, 0.05) is 64.8 Å². The summed E-state index contributed by atoms with van der Waals surface area (Å²) in [6.07, 6.45) is 0. The third kappa shape index (κ3) is 5.61. The molecule has 0 saturated heterocycles. The smallest absolute Gasteiger partial charge is 0.159 e. The maximum absolute atomic E-state index is 6.60. The Morgan fingerprint density at radius 3 is 1.71 bits per heavy atom. The molecule has 0 fully saturated rings. The van der Waals surface area contributed by atoms with Crippen molar-refractivity contribution in [1.82, 2.24) is 0 Å². The number of anilines is 6. The summed E-state index contributed by atoms with van der Waals surface area (Å²) < 4.78 is 9.16. The molecule has 11 rings (SSSR count). The maximum Gasteiger partial charge on any atom is 0.159 e. The number of nitrogens with zero attached hydrogens (tertiary/aromatic N) is 2. The van der Waals surface area contributed by atoms with E-state index in [2.05, 4.69) is 211 Å². The molecule has 278 valence electrons. The molecule has 0 amide bonds. The molecule has 3 nitrogen and oxygen atoms in total.